The number of hydrogen-bond donors (Lipinski definition) is 1. The fourth-order valence-electron chi connectivity index (χ4n) is 3.62. The van der Waals surface area contributed by atoms with E-state index < -0.39 is 0 Å². The topological polar surface area (TPSA) is 35.6 Å². The Morgan fingerprint density at radius 1 is 0.933 bits per heavy atom. The molecule has 6 heteroatoms. The van der Waals surface area contributed by atoms with Gasteiger partial charge in [0.1, 0.15) is 5.82 Å². The average Bonchev–Trinajstić information content (AvgIpc) is 2.76. The molecule has 1 fully saturated rings. The quantitative estimate of drug-likeness (QED) is 0.562. The van der Waals surface area contributed by atoms with Crippen LogP contribution in [0.3, 0.4) is 0 Å². The number of anilines is 2. The van der Waals surface area contributed by atoms with Gasteiger partial charge in [-0.1, -0.05) is 40.2 Å². The molecule has 1 aliphatic rings. The second kappa shape index (κ2) is 9.41. The lowest BCUT2D eigenvalue weighted by Crippen LogP contribution is -2.46. The molecule has 1 amide bonds. The lowest BCUT2D eigenvalue weighted by molar-refractivity contribution is 0.102. The maximum Gasteiger partial charge on any atom is 0.255 e. The molecule has 0 bridgehead atoms. The number of piperazine rings is 1. The minimum absolute atomic E-state index is 0.134. The molecule has 30 heavy (non-hydrogen) atoms. The van der Waals surface area contributed by atoms with Crippen molar-refractivity contribution in [2.75, 3.05) is 36.4 Å². The fraction of sp³-hybridized carbons (Fsp3) is 0.208. The monoisotopic (exact) mass is 467 g/mol. The summed E-state index contributed by atoms with van der Waals surface area (Å²) in [6.07, 6.45) is 0. The Morgan fingerprint density at radius 2 is 1.67 bits per heavy atom. The largest absolute Gasteiger partial charge is 0.369 e. The van der Waals surface area contributed by atoms with E-state index in [4.69, 9.17) is 0 Å². The molecule has 0 aromatic heterocycles. The Balaban J connectivity index is 1.31. The summed E-state index contributed by atoms with van der Waals surface area (Å²) >= 11 is 3.39. The van der Waals surface area contributed by atoms with Crippen molar-refractivity contribution in [1.82, 2.24) is 4.90 Å². The summed E-state index contributed by atoms with van der Waals surface area (Å²) in [5.74, 6) is -0.272. The number of nitrogens with one attached hydrogen (secondary N) is 1. The highest BCUT2D eigenvalue weighted by Gasteiger charge is 2.18. The molecule has 1 aliphatic heterocycles. The Labute approximate surface area is 184 Å². The zero-order valence-electron chi connectivity index (χ0n) is 16.5. The first-order valence-electron chi connectivity index (χ1n) is 9.96. The summed E-state index contributed by atoms with van der Waals surface area (Å²) in [5.41, 5.74) is 3.25. The molecule has 3 aromatic rings. The molecule has 3 aromatic carbocycles. The van der Waals surface area contributed by atoms with Gasteiger partial charge in [-0.3, -0.25) is 9.69 Å². The molecule has 1 N–H and O–H groups in total. The van der Waals surface area contributed by atoms with E-state index in [9.17, 15) is 9.18 Å². The summed E-state index contributed by atoms with van der Waals surface area (Å²) in [4.78, 5) is 17.0. The Kier molecular flexibility index (Phi) is 6.45. The molecule has 4 rings (SSSR count). The SMILES string of the molecule is O=C(Nc1ccc(N2CCN(Cc3ccccc3F)CC2)cc1)c1cccc(Br)c1. The van der Waals surface area contributed by atoms with Gasteiger partial charge < -0.3 is 10.2 Å². The second-order valence-corrected chi connectivity index (χ2v) is 8.28. The van der Waals surface area contributed by atoms with Crippen LogP contribution in [0, 0.1) is 5.82 Å². The molecular weight excluding hydrogens is 445 g/mol. The van der Waals surface area contributed by atoms with Crippen LogP contribution >= 0.6 is 15.9 Å². The normalized spacial score (nSPS) is 14.5. The zero-order valence-corrected chi connectivity index (χ0v) is 18.1. The molecule has 0 atom stereocenters. The number of hydrogen-bond acceptors (Lipinski definition) is 3. The van der Waals surface area contributed by atoms with Crippen LogP contribution < -0.4 is 10.2 Å². The van der Waals surface area contributed by atoms with Crippen molar-refractivity contribution < 1.29 is 9.18 Å². The Morgan fingerprint density at radius 3 is 2.37 bits per heavy atom. The number of amides is 1. The van der Waals surface area contributed by atoms with Gasteiger partial charge in [0.05, 0.1) is 0 Å². The van der Waals surface area contributed by atoms with Crippen molar-refractivity contribution in [3.8, 4) is 0 Å². The van der Waals surface area contributed by atoms with Gasteiger partial charge in [0.15, 0.2) is 0 Å². The average molecular weight is 468 g/mol. The first kappa shape index (κ1) is 20.6. The highest BCUT2D eigenvalue weighted by Crippen LogP contribution is 2.21. The van der Waals surface area contributed by atoms with E-state index in [0.717, 1.165) is 47.6 Å². The van der Waals surface area contributed by atoms with Gasteiger partial charge in [-0.25, -0.2) is 4.39 Å². The summed E-state index contributed by atoms with van der Waals surface area (Å²) in [6.45, 7) is 4.18. The van der Waals surface area contributed by atoms with Crippen LogP contribution in [0.15, 0.2) is 77.3 Å². The van der Waals surface area contributed by atoms with Gasteiger partial charge >= 0.3 is 0 Å². The number of rotatable bonds is 5. The number of carbonyl (C=O) groups excluding carboxylic acids is 1. The number of halogens is 2. The summed E-state index contributed by atoms with van der Waals surface area (Å²) in [5, 5.41) is 2.93. The maximum absolute atomic E-state index is 13.9. The van der Waals surface area contributed by atoms with Gasteiger partial charge in [-0.05, 0) is 48.5 Å². The van der Waals surface area contributed by atoms with Gasteiger partial charge in [0.2, 0.25) is 0 Å². The van der Waals surface area contributed by atoms with E-state index in [-0.39, 0.29) is 11.7 Å². The summed E-state index contributed by atoms with van der Waals surface area (Å²) in [6, 6.07) is 22.2. The van der Waals surface area contributed by atoms with Crippen molar-refractivity contribution >= 4 is 33.2 Å². The first-order valence-corrected chi connectivity index (χ1v) is 10.8. The molecule has 0 spiro atoms. The van der Waals surface area contributed by atoms with Crippen LogP contribution in [0.4, 0.5) is 15.8 Å². The third-order valence-electron chi connectivity index (χ3n) is 5.30. The number of carbonyl (C=O) groups is 1. The van der Waals surface area contributed by atoms with E-state index in [1.165, 1.54) is 6.07 Å². The van der Waals surface area contributed by atoms with E-state index in [2.05, 4.69) is 31.0 Å². The maximum atomic E-state index is 13.9. The molecule has 1 heterocycles. The first-order chi connectivity index (χ1) is 14.6. The molecule has 4 nitrogen and oxygen atoms in total. The molecule has 0 unspecified atom stereocenters. The molecule has 0 radical (unpaired) electrons. The lowest BCUT2D eigenvalue weighted by Gasteiger charge is -2.36. The van der Waals surface area contributed by atoms with E-state index in [1.54, 1.807) is 18.2 Å². The van der Waals surface area contributed by atoms with Crippen molar-refractivity contribution in [1.29, 1.82) is 0 Å². The Hall–Kier alpha value is -2.70. The van der Waals surface area contributed by atoms with Crippen molar-refractivity contribution in [2.24, 2.45) is 0 Å². The van der Waals surface area contributed by atoms with Crippen molar-refractivity contribution in [3.05, 3.63) is 94.2 Å². The van der Waals surface area contributed by atoms with Crippen LogP contribution in [-0.4, -0.2) is 37.0 Å². The van der Waals surface area contributed by atoms with E-state index in [1.807, 2.05) is 48.5 Å². The van der Waals surface area contributed by atoms with Crippen molar-refractivity contribution in [2.45, 2.75) is 6.54 Å². The number of benzene rings is 3. The van der Waals surface area contributed by atoms with E-state index >= 15 is 0 Å². The number of nitrogens with zero attached hydrogens (tertiary/aromatic N) is 2. The van der Waals surface area contributed by atoms with Gasteiger partial charge in [0, 0.05) is 59.7 Å². The minimum atomic E-state index is -0.138. The highest BCUT2D eigenvalue weighted by atomic mass is 79.9. The van der Waals surface area contributed by atoms with E-state index in [0.29, 0.717) is 12.1 Å². The second-order valence-electron chi connectivity index (χ2n) is 7.37. The predicted molar refractivity (Wildman–Crippen MR) is 122 cm³/mol. The third-order valence-corrected chi connectivity index (χ3v) is 5.79. The van der Waals surface area contributed by atoms with Crippen molar-refractivity contribution in [3.63, 3.8) is 0 Å². The van der Waals surface area contributed by atoms with Gasteiger partial charge in [-0.15, -0.1) is 0 Å². The van der Waals surface area contributed by atoms with Crippen LogP contribution in [0.1, 0.15) is 15.9 Å². The molecule has 0 saturated carbocycles. The summed E-state index contributed by atoms with van der Waals surface area (Å²) in [7, 11) is 0. The predicted octanol–water partition coefficient (Wildman–Crippen LogP) is 5.16. The lowest BCUT2D eigenvalue weighted by atomic mass is 10.1. The summed E-state index contributed by atoms with van der Waals surface area (Å²) < 4.78 is 14.7. The van der Waals surface area contributed by atoms with Crippen LogP contribution in [0.25, 0.3) is 0 Å². The smallest absolute Gasteiger partial charge is 0.255 e. The Bertz CT molecular complexity index is 1020. The third kappa shape index (κ3) is 5.07. The van der Waals surface area contributed by atoms with Crippen LogP contribution in [0.5, 0.6) is 0 Å². The zero-order chi connectivity index (χ0) is 20.9. The standard InChI is InChI=1S/C24H23BrFN3O/c25-20-6-3-5-18(16-20)24(30)27-21-8-10-22(11-9-21)29-14-12-28(13-15-29)17-19-4-1-2-7-23(19)26/h1-11,16H,12-15,17H2,(H,27,30). The minimum Gasteiger partial charge on any atom is -0.369 e. The van der Waals surface area contributed by atoms with Gasteiger partial charge in [-0.2, -0.15) is 0 Å². The molecule has 0 aliphatic carbocycles. The van der Waals surface area contributed by atoms with Gasteiger partial charge in [0.25, 0.3) is 5.91 Å². The molecule has 1 saturated heterocycles. The highest BCUT2D eigenvalue weighted by molar-refractivity contribution is 9.10. The molecular formula is C24H23BrFN3O. The van der Waals surface area contributed by atoms with Crippen LogP contribution in [0.2, 0.25) is 0 Å². The molecule has 154 valence electrons. The fourth-order valence-corrected chi connectivity index (χ4v) is 4.02. The van der Waals surface area contributed by atoms with Crippen LogP contribution in [-0.2, 0) is 6.54 Å².